The molecule has 0 unspecified atom stereocenters. The summed E-state index contributed by atoms with van der Waals surface area (Å²) in [7, 11) is 4.01. The average molecular weight is 337 g/mol. The van der Waals surface area contributed by atoms with Gasteiger partial charge in [0, 0.05) is 38.6 Å². The molecule has 0 bridgehead atoms. The average Bonchev–Trinajstić information content (AvgIpc) is 2.53. The number of alkyl halides is 3. The molecule has 130 valence electrons. The molecular formula is C18H22F3N3. The summed E-state index contributed by atoms with van der Waals surface area (Å²) in [6.45, 7) is 3.05. The Balaban J connectivity index is 2.06. The second-order valence-corrected chi connectivity index (χ2v) is 6.06. The molecule has 2 rings (SSSR count). The zero-order valence-electron chi connectivity index (χ0n) is 13.9. The highest BCUT2D eigenvalue weighted by atomic mass is 19.4. The van der Waals surface area contributed by atoms with Crippen molar-refractivity contribution in [1.29, 1.82) is 0 Å². The van der Waals surface area contributed by atoms with E-state index in [0.29, 0.717) is 6.54 Å². The van der Waals surface area contributed by atoms with Gasteiger partial charge in [0.2, 0.25) is 0 Å². The van der Waals surface area contributed by atoms with Crippen LogP contribution in [-0.2, 0) is 19.3 Å². The van der Waals surface area contributed by atoms with Gasteiger partial charge in [0.05, 0.1) is 5.56 Å². The van der Waals surface area contributed by atoms with Gasteiger partial charge >= 0.3 is 6.18 Å². The van der Waals surface area contributed by atoms with Crippen molar-refractivity contribution in [3.63, 3.8) is 0 Å². The van der Waals surface area contributed by atoms with E-state index in [0.717, 1.165) is 42.9 Å². The molecule has 0 aliphatic carbocycles. The van der Waals surface area contributed by atoms with Crippen LogP contribution in [0.4, 0.5) is 13.2 Å². The highest BCUT2D eigenvalue weighted by Crippen LogP contribution is 2.29. The van der Waals surface area contributed by atoms with Crippen LogP contribution in [0.2, 0.25) is 0 Å². The van der Waals surface area contributed by atoms with Crippen LogP contribution in [0.5, 0.6) is 0 Å². The molecule has 0 N–H and O–H groups in total. The highest BCUT2D eigenvalue weighted by Gasteiger charge is 2.29. The maximum absolute atomic E-state index is 12.7. The molecule has 0 atom stereocenters. The molecule has 1 heterocycles. The van der Waals surface area contributed by atoms with Crippen molar-refractivity contribution in [3.8, 4) is 0 Å². The van der Waals surface area contributed by atoms with E-state index in [1.165, 1.54) is 0 Å². The van der Waals surface area contributed by atoms with Crippen LogP contribution >= 0.6 is 0 Å². The summed E-state index contributed by atoms with van der Waals surface area (Å²) >= 11 is 0. The summed E-state index contributed by atoms with van der Waals surface area (Å²) in [4.78, 5) is 8.32. The van der Waals surface area contributed by atoms with Crippen LogP contribution < -0.4 is 0 Å². The topological polar surface area (TPSA) is 19.4 Å². The molecule has 0 fully saturated rings. The molecule has 6 heteroatoms. The first kappa shape index (κ1) is 18.4. The van der Waals surface area contributed by atoms with Crippen LogP contribution in [0.25, 0.3) is 0 Å². The van der Waals surface area contributed by atoms with Gasteiger partial charge in [0.15, 0.2) is 0 Å². The fraction of sp³-hybridized carbons (Fsp3) is 0.389. The molecule has 0 aliphatic rings. The molecular weight excluding hydrogens is 315 g/mol. The largest absolute Gasteiger partial charge is 0.416 e. The Labute approximate surface area is 140 Å². The molecule has 0 radical (unpaired) electrons. The van der Waals surface area contributed by atoms with E-state index < -0.39 is 11.7 Å². The normalized spacial score (nSPS) is 12.1. The van der Waals surface area contributed by atoms with Crippen molar-refractivity contribution in [2.75, 3.05) is 27.2 Å². The lowest BCUT2D eigenvalue weighted by molar-refractivity contribution is -0.137. The number of rotatable bonds is 7. The van der Waals surface area contributed by atoms with E-state index in [1.54, 1.807) is 24.5 Å². The van der Waals surface area contributed by atoms with E-state index in [9.17, 15) is 13.2 Å². The van der Waals surface area contributed by atoms with Crippen LogP contribution in [-0.4, -0.2) is 42.0 Å². The third kappa shape index (κ3) is 5.94. The second kappa shape index (κ2) is 8.26. The maximum atomic E-state index is 12.7. The zero-order chi connectivity index (χ0) is 17.6. The molecule has 0 saturated heterocycles. The molecule has 3 nitrogen and oxygen atoms in total. The number of nitrogens with zero attached hydrogens (tertiary/aromatic N) is 3. The molecule has 0 spiro atoms. The van der Waals surface area contributed by atoms with Gasteiger partial charge in [-0.3, -0.25) is 9.88 Å². The quantitative estimate of drug-likeness (QED) is 0.769. The number of aromatic nitrogens is 1. The molecule has 1 aromatic heterocycles. The summed E-state index contributed by atoms with van der Waals surface area (Å²) in [6, 6.07) is 9.30. The lowest BCUT2D eigenvalue weighted by atomic mass is 10.1. The SMILES string of the molecule is CN(C)CCN(Cc1ccncc1)Cc1ccc(C(F)(F)F)cc1. The summed E-state index contributed by atoms with van der Waals surface area (Å²) in [5.41, 5.74) is 1.40. The van der Waals surface area contributed by atoms with Crippen molar-refractivity contribution < 1.29 is 13.2 Å². The minimum absolute atomic E-state index is 0.605. The fourth-order valence-electron chi connectivity index (χ4n) is 2.36. The molecule has 0 aliphatic heterocycles. The lowest BCUT2D eigenvalue weighted by Gasteiger charge is -2.24. The summed E-state index contributed by atoms with van der Waals surface area (Å²) < 4.78 is 38.0. The second-order valence-electron chi connectivity index (χ2n) is 6.06. The maximum Gasteiger partial charge on any atom is 0.416 e. The van der Waals surface area contributed by atoms with Gasteiger partial charge in [-0.15, -0.1) is 0 Å². The summed E-state index contributed by atoms with van der Waals surface area (Å²) in [5, 5.41) is 0. The molecule has 24 heavy (non-hydrogen) atoms. The van der Waals surface area contributed by atoms with E-state index in [1.807, 2.05) is 26.2 Å². The van der Waals surface area contributed by atoms with Crippen molar-refractivity contribution in [2.45, 2.75) is 19.3 Å². The summed E-state index contributed by atoms with van der Waals surface area (Å²) in [6.07, 6.45) is -0.796. The first-order chi connectivity index (χ1) is 11.3. The third-order valence-corrected chi connectivity index (χ3v) is 3.71. The Hall–Kier alpha value is -1.92. The molecule has 2 aromatic rings. The Morgan fingerprint density at radius 3 is 1.88 bits per heavy atom. The lowest BCUT2D eigenvalue weighted by Crippen LogP contribution is -2.31. The first-order valence-electron chi connectivity index (χ1n) is 7.77. The van der Waals surface area contributed by atoms with Crippen molar-refractivity contribution in [3.05, 3.63) is 65.5 Å². The van der Waals surface area contributed by atoms with Gasteiger partial charge in [-0.1, -0.05) is 12.1 Å². The van der Waals surface area contributed by atoms with E-state index >= 15 is 0 Å². The van der Waals surface area contributed by atoms with Gasteiger partial charge in [-0.05, 0) is 49.5 Å². The Morgan fingerprint density at radius 1 is 0.833 bits per heavy atom. The first-order valence-corrected chi connectivity index (χ1v) is 7.77. The number of likely N-dealkylation sites (N-methyl/N-ethyl adjacent to an activating group) is 1. The third-order valence-electron chi connectivity index (χ3n) is 3.71. The van der Waals surface area contributed by atoms with E-state index in [4.69, 9.17) is 0 Å². The van der Waals surface area contributed by atoms with Gasteiger partial charge in [-0.2, -0.15) is 13.2 Å². The number of hydrogen-bond donors (Lipinski definition) is 0. The van der Waals surface area contributed by atoms with E-state index in [2.05, 4.69) is 14.8 Å². The monoisotopic (exact) mass is 337 g/mol. The summed E-state index contributed by atoms with van der Waals surface area (Å²) in [5.74, 6) is 0. The number of benzene rings is 1. The fourth-order valence-corrected chi connectivity index (χ4v) is 2.36. The minimum atomic E-state index is -4.29. The van der Waals surface area contributed by atoms with E-state index in [-0.39, 0.29) is 0 Å². The van der Waals surface area contributed by atoms with Crippen molar-refractivity contribution >= 4 is 0 Å². The highest BCUT2D eigenvalue weighted by molar-refractivity contribution is 5.24. The standard InChI is InChI=1S/C18H22F3N3/c1-23(2)11-12-24(14-16-7-9-22-10-8-16)13-15-3-5-17(6-4-15)18(19,20)21/h3-10H,11-14H2,1-2H3. The zero-order valence-corrected chi connectivity index (χ0v) is 13.9. The molecule has 1 aromatic carbocycles. The van der Waals surface area contributed by atoms with Crippen molar-refractivity contribution in [1.82, 2.24) is 14.8 Å². The minimum Gasteiger partial charge on any atom is -0.308 e. The predicted molar refractivity (Wildman–Crippen MR) is 88.3 cm³/mol. The van der Waals surface area contributed by atoms with Gasteiger partial charge in [0.1, 0.15) is 0 Å². The van der Waals surface area contributed by atoms with Gasteiger partial charge in [-0.25, -0.2) is 0 Å². The number of pyridine rings is 1. The van der Waals surface area contributed by atoms with Crippen LogP contribution in [0.15, 0.2) is 48.8 Å². The smallest absolute Gasteiger partial charge is 0.308 e. The Bertz CT molecular complexity index is 610. The predicted octanol–water partition coefficient (Wildman–Crippen LogP) is 3.66. The van der Waals surface area contributed by atoms with Crippen LogP contribution in [0, 0.1) is 0 Å². The number of halogens is 3. The molecule has 0 saturated carbocycles. The van der Waals surface area contributed by atoms with Crippen LogP contribution in [0.1, 0.15) is 16.7 Å². The van der Waals surface area contributed by atoms with Gasteiger partial charge in [0.25, 0.3) is 0 Å². The number of hydrogen-bond acceptors (Lipinski definition) is 3. The van der Waals surface area contributed by atoms with Crippen molar-refractivity contribution in [2.24, 2.45) is 0 Å². The van der Waals surface area contributed by atoms with Crippen LogP contribution in [0.3, 0.4) is 0 Å². The van der Waals surface area contributed by atoms with Gasteiger partial charge < -0.3 is 4.90 Å². The Morgan fingerprint density at radius 2 is 1.38 bits per heavy atom. The molecule has 0 amide bonds. The Kier molecular flexibility index (Phi) is 6.34.